The molecule has 1 saturated carbocycles. The highest BCUT2D eigenvalue weighted by atomic mass is 35.5. The van der Waals surface area contributed by atoms with E-state index < -0.39 is 5.41 Å². The number of methoxy groups -OCH3 is 1. The topological polar surface area (TPSA) is 84.1 Å². The number of pyridine rings is 2. The van der Waals surface area contributed by atoms with E-state index in [1.54, 1.807) is 44.5 Å². The van der Waals surface area contributed by atoms with Crippen LogP contribution in [0.15, 0.2) is 47.4 Å². The highest BCUT2D eigenvalue weighted by Crippen LogP contribution is 2.50. The van der Waals surface area contributed by atoms with Crippen molar-refractivity contribution in [3.8, 4) is 17.0 Å². The summed E-state index contributed by atoms with van der Waals surface area (Å²) in [6, 6.07) is 10.9. The largest absolute Gasteiger partial charge is 0.495 e. The molecule has 0 bridgehead atoms. The molecule has 1 amide bonds. The average Bonchev–Trinajstić information content (AvgIpc) is 3.53. The van der Waals surface area contributed by atoms with Gasteiger partial charge in [-0.2, -0.15) is 0 Å². The molecule has 0 saturated heterocycles. The number of nitrogens with one attached hydrogen (secondary N) is 2. The van der Waals surface area contributed by atoms with E-state index in [-0.39, 0.29) is 11.5 Å². The molecule has 2 aromatic heterocycles. The lowest BCUT2D eigenvalue weighted by molar-refractivity contribution is -0.118. The Balaban J connectivity index is 1.61. The van der Waals surface area contributed by atoms with Crippen LogP contribution in [-0.2, 0) is 10.2 Å². The number of H-pyrrole nitrogens is 1. The SMILES string of the molecule is COc1ccc(C2(C(=O)Nc3ccc(C)c(-c4c[nH]c(=O)c(C)c4)n3)CC2)cc1Cl. The molecule has 4 rings (SSSR count). The molecule has 154 valence electrons. The van der Waals surface area contributed by atoms with Crippen molar-refractivity contribution in [2.75, 3.05) is 12.4 Å². The van der Waals surface area contributed by atoms with E-state index in [9.17, 15) is 9.59 Å². The number of amides is 1. The second-order valence-corrected chi connectivity index (χ2v) is 8.06. The third-order valence-corrected chi connectivity index (χ3v) is 5.89. The van der Waals surface area contributed by atoms with Crippen LogP contribution < -0.4 is 15.6 Å². The van der Waals surface area contributed by atoms with Crippen LogP contribution in [0.25, 0.3) is 11.3 Å². The summed E-state index contributed by atoms with van der Waals surface area (Å²) in [6.45, 7) is 3.69. The lowest BCUT2D eigenvalue weighted by atomic mass is 9.95. The Morgan fingerprint density at radius 2 is 1.93 bits per heavy atom. The molecule has 1 aliphatic carbocycles. The highest BCUT2D eigenvalue weighted by molar-refractivity contribution is 6.32. The van der Waals surface area contributed by atoms with Crippen molar-refractivity contribution in [3.63, 3.8) is 0 Å². The second kappa shape index (κ2) is 7.61. The lowest BCUT2D eigenvalue weighted by Gasteiger charge is -2.17. The normalized spacial score (nSPS) is 14.3. The van der Waals surface area contributed by atoms with Gasteiger partial charge >= 0.3 is 0 Å². The number of carbonyl (C=O) groups excluding carboxylic acids is 1. The monoisotopic (exact) mass is 423 g/mol. The number of aromatic amines is 1. The number of benzene rings is 1. The number of hydrogen-bond donors (Lipinski definition) is 2. The van der Waals surface area contributed by atoms with Gasteiger partial charge < -0.3 is 15.0 Å². The molecule has 0 unspecified atom stereocenters. The predicted molar refractivity (Wildman–Crippen MR) is 117 cm³/mol. The minimum Gasteiger partial charge on any atom is -0.495 e. The van der Waals surface area contributed by atoms with Crippen molar-refractivity contribution in [1.82, 2.24) is 9.97 Å². The first-order valence-corrected chi connectivity index (χ1v) is 10.0. The number of aromatic nitrogens is 2. The summed E-state index contributed by atoms with van der Waals surface area (Å²) in [6.07, 6.45) is 3.14. The van der Waals surface area contributed by atoms with Gasteiger partial charge in [-0.05, 0) is 62.1 Å². The van der Waals surface area contributed by atoms with Gasteiger partial charge in [0.25, 0.3) is 5.56 Å². The van der Waals surface area contributed by atoms with Crippen LogP contribution in [0.2, 0.25) is 5.02 Å². The number of rotatable bonds is 5. The molecule has 30 heavy (non-hydrogen) atoms. The molecule has 0 aliphatic heterocycles. The maximum atomic E-state index is 13.1. The average molecular weight is 424 g/mol. The first-order chi connectivity index (χ1) is 14.3. The van der Waals surface area contributed by atoms with Gasteiger partial charge in [0.15, 0.2) is 0 Å². The van der Waals surface area contributed by atoms with Gasteiger partial charge in [0, 0.05) is 17.3 Å². The summed E-state index contributed by atoms with van der Waals surface area (Å²) in [7, 11) is 1.56. The molecule has 0 atom stereocenters. The quantitative estimate of drug-likeness (QED) is 0.637. The van der Waals surface area contributed by atoms with E-state index in [4.69, 9.17) is 16.3 Å². The Labute approximate surface area is 179 Å². The van der Waals surface area contributed by atoms with Crippen molar-refractivity contribution in [3.05, 3.63) is 74.7 Å². The van der Waals surface area contributed by atoms with Crippen LogP contribution in [0.5, 0.6) is 5.75 Å². The van der Waals surface area contributed by atoms with Crippen LogP contribution in [0.3, 0.4) is 0 Å². The number of carbonyl (C=O) groups is 1. The summed E-state index contributed by atoms with van der Waals surface area (Å²) in [5.74, 6) is 0.941. The molecule has 1 aliphatic rings. The van der Waals surface area contributed by atoms with Gasteiger partial charge in [-0.1, -0.05) is 23.7 Å². The summed E-state index contributed by atoms with van der Waals surface area (Å²) >= 11 is 6.26. The zero-order valence-corrected chi connectivity index (χ0v) is 17.8. The Kier molecular flexibility index (Phi) is 5.12. The van der Waals surface area contributed by atoms with E-state index in [1.165, 1.54) is 0 Å². The Bertz CT molecular complexity index is 1200. The summed E-state index contributed by atoms with van der Waals surface area (Å²) in [5, 5.41) is 3.44. The summed E-state index contributed by atoms with van der Waals surface area (Å²) in [5.41, 5.74) is 3.20. The molecule has 0 spiro atoms. The minimum atomic E-state index is -0.600. The molecule has 3 aromatic rings. The van der Waals surface area contributed by atoms with Crippen molar-refractivity contribution in [1.29, 1.82) is 0 Å². The fraction of sp³-hybridized carbons (Fsp3) is 0.261. The molecular weight excluding hydrogens is 402 g/mol. The van der Waals surface area contributed by atoms with Crippen molar-refractivity contribution in [2.45, 2.75) is 32.1 Å². The van der Waals surface area contributed by atoms with Gasteiger partial charge in [0.2, 0.25) is 5.91 Å². The fourth-order valence-corrected chi connectivity index (χ4v) is 3.85. The van der Waals surface area contributed by atoms with E-state index >= 15 is 0 Å². The molecule has 2 heterocycles. The molecule has 1 fully saturated rings. The number of anilines is 1. The number of halogens is 1. The van der Waals surface area contributed by atoms with Crippen LogP contribution in [0.1, 0.15) is 29.5 Å². The molecular formula is C23H22ClN3O3. The third kappa shape index (κ3) is 3.59. The van der Waals surface area contributed by atoms with Crippen LogP contribution in [-0.4, -0.2) is 23.0 Å². The maximum Gasteiger partial charge on any atom is 0.250 e. The Morgan fingerprint density at radius 1 is 1.17 bits per heavy atom. The number of ether oxygens (including phenoxy) is 1. The minimum absolute atomic E-state index is 0.108. The molecule has 2 N–H and O–H groups in total. The van der Waals surface area contributed by atoms with Gasteiger partial charge in [0.05, 0.1) is 23.2 Å². The Morgan fingerprint density at radius 3 is 2.57 bits per heavy atom. The van der Waals surface area contributed by atoms with Crippen LogP contribution >= 0.6 is 11.6 Å². The van der Waals surface area contributed by atoms with Crippen LogP contribution in [0.4, 0.5) is 5.82 Å². The predicted octanol–water partition coefficient (Wildman–Crippen LogP) is 4.39. The first-order valence-electron chi connectivity index (χ1n) is 9.67. The summed E-state index contributed by atoms with van der Waals surface area (Å²) in [4.78, 5) is 32.1. The zero-order valence-electron chi connectivity index (χ0n) is 17.0. The molecule has 0 radical (unpaired) electrons. The maximum absolute atomic E-state index is 13.1. The van der Waals surface area contributed by atoms with E-state index in [1.807, 2.05) is 19.1 Å². The number of hydrogen-bond acceptors (Lipinski definition) is 4. The van der Waals surface area contributed by atoms with Crippen molar-refractivity contribution < 1.29 is 9.53 Å². The first kappa shape index (κ1) is 20.2. The number of aryl methyl sites for hydroxylation is 2. The van der Waals surface area contributed by atoms with E-state index in [0.29, 0.717) is 27.8 Å². The van der Waals surface area contributed by atoms with Gasteiger partial charge in [-0.25, -0.2) is 4.98 Å². The van der Waals surface area contributed by atoms with E-state index in [2.05, 4.69) is 15.3 Å². The zero-order chi connectivity index (χ0) is 21.5. The van der Waals surface area contributed by atoms with Crippen molar-refractivity contribution >= 4 is 23.3 Å². The van der Waals surface area contributed by atoms with Crippen molar-refractivity contribution in [2.24, 2.45) is 0 Å². The highest BCUT2D eigenvalue weighted by Gasteiger charge is 2.51. The molecule has 1 aromatic carbocycles. The van der Waals surface area contributed by atoms with Gasteiger partial charge in [0.1, 0.15) is 11.6 Å². The summed E-state index contributed by atoms with van der Waals surface area (Å²) < 4.78 is 5.21. The van der Waals surface area contributed by atoms with Gasteiger partial charge in [-0.15, -0.1) is 0 Å². The lowest BCUT2D eigenvalue weighted by Crippen LogP contribution is -2.28. The Hall–Kier alpha value is -3.12. The number of nitrogens with zero attached hydrogens (tertiary/aromatic N) is 1. The second-order valence-electron chi connectivity index (χ2n) is 7.65. The molecule has 7 heteroatoms. The standard InChI is InChI=1S/C23H22ClN3O3/c1-13-4-7-19(26-20(13)15-10-14(2)21(28)25-12-15)27-22(29)23(8-9-23)16-5-6-18(30-3)17(24)11-16/h4-7,10-12H,8-9H2,1-3H3,(H,25,28)(H,26,27,29). The van der Waals surface area contributed by atoms with Crippen LogP contribution in [0, 0.1) is 13.8 Å². The van der Waals surface area contributed by atoms with Gasteiger partial charge in [-0.3, -0.25) is 9.59 Å². The smallest absolute Gasteiger partial charge is 0.250 e. The molecule has 6 nitrogen and oxygen atoms in total. The fourth-order valence-electron chi connectivity index (χ4n) is 3.60. The third-order valence-electron chi connectivity index (χ3n) is 5.59. The van der Waals surface area contributed by atoms with E-state index in [0.717, 1.165) is 29.5 Å².